The number of primary amides is 1. The minimum absolute atomic E-state index is 0.0606. The van der Waals surface area contributed by atoms with Crippen LogP contribution in [0.25, 0.3) is 0 Å². The summed E-state index contributed by atoms with van der Waals surface area (Å²) in [6, 6.07) is 10.8. The Kier molecular flexibility index (Phi) is 14.7. The predicted octanol–water partition coefficient (Wildman–Crippen LogP) is -1.22. The maximum atomic E-state index is 12.5. The number of rotatable bonds is 13. The molecular formula is C35H42Cl2N10O11. The number of nitrogens with zero attached hydrogens (tertiary/aromatic N) is 5. The molecule has 2 aliphatic heterocycles. The van der Waals surface area contributed by atoms with E-state index in [4.69, 9.17) is 53.6 Å². The van der Waals surface area contributed by atoms with Crippen LogP contribution in [-0.2, 0) is 40.9 Å². The van der Waals surface area contributed by atoms with Gasteiger partial charge in [-0.1, -0.05) is 23.2 Å². The van der Waals surface area contributed by atoms with Crippen molar-refractivity contribution in [3.05, 3.63) is 93.5 Å². The fraction of sp³-hybridized carbons (Fsp3) is 0.400. The summed E-state index contributed by atoms with van der Waals surface area (Å²) in [5.74, 6) is -2.53. The van der Waals surface area contributed by atoms with E-state index >= 15 is 0 Å². The van der Waals surface area contributed by atoms with E-state index < -0.39 is 72.4 Å². The first kappa shape index (κ1) is 43.9. The van der Waals surface area contributed by atoms with Crippen LogP contribution in [-0.4, -0.2) is 121 Å². The monoisotopic (exact) mass is 848 g/mol. The Labute approximate surface area is 340 Å². The van der Waals surface area contributed by atoms with Crippen molar-refractivity contribution in [2.24, 2.45) is 5.73 Å². The van der Waals surface area contributed by atoms with Crippen molar-refractivity contribution in [3.8, 4) is 11.5 Å². The van der Waals surface area contributed by atoms with Gasteiger partial charge in [0.05, 0.1) is 36.9 Å². The second-order valence-corrected chi connectivity index (χ2v) is 13.9. The number of amides is 3. The summed E-state index contributed by atoms with van der Waals surface area (Å²) in [6.45, 7) is 1.84. The maximum absolute atomic E-state index is 12.5. The molecule has 2 aromatic carbocycles. The van der Waals surface area contributed by atoms with E-state index in [1.165, 1.54) is 19.4 Å². The van der Waals surface area contributed by atoms with Crippen LogP contribution in [0, 0.1) is 0 Å². The second kappa shape index (κ2) is 19.5. The van der Waals surface area contributed by atoms with Crippen LogP contribution in [0.1, 0.15) is 18.7 Å². The molecule has 3 amide bonds. The summed E-state index contributed by atoms with van der Waals surface area (Å²) in [5, 5.41) is 42.7. The average Bonchev–Trinajstić information content (AvgIpc) is 3.83. The molecule has 0 radical (unpaired) electrons. The molecule has 0 aliphatic carbocycles. The summed E-state index contributed by atoms with van der Waals surface area (Å²) >= 11 is 12.5. The summed E-state index contributed by atoms with van der Waals surface area (Å²) < 4.78 is 25.8. The topological polar surface area (TPSA) is 303 Å². The number of anilines is 1. The molecule has 58 heavy (non-hydrogen) atoms. The number of aliphatic hydroxyl groups is 3. The van der Waals surface area contributed by atoms with Crippen molar-refractivity contribution < 1.29 is 48.7 Å². The van der Waals surface area contributed by atoms with Crippen LogP contribution in [0.3, 0.4) is 0 Å². The van der Waals surface area contributed by atoms with E-state index in [0.717, 1.165) is 10.8 Å². The van der Waals surface area contributed by atoms with E-state index in [2.05, 4.69) is 31.0 Å². The molecular weight excluding hydrogens is 807 g/mol. The number of hydrogen-bond donors (Lipinski definition) is 8. The number of benzene rings is 2. The zero-order valence-corrected chi connectivity index (χ0v) is 32.5. The lowest BCUT2D eigenvalue weighted by molar-refractivity contribution is -0.212. The number of carbonyl (C=O) groups is 3. The highest BCUT2D eigenvalue weighted by atomic mass is 35.5. The molecule has 2 fully saturated rings. The van der Waals surface area contributed by atoms with Gasteiger partial charge in [0, 0.05) is 16.8 Å². The summed E-state index contributed by atoms with van der Waals surface area (Å²) in [6.07, 6.45) is -2.70. The van der Waals surface area contributed by atoms with Crippen LogP contribution in [0.4, 0.5) is 5.82 Å². The van der Waals surface area contributed by atoms with E-state index in [0.29, 0.717) is 40.3 Å². The molecule has 312 valence electrons. The summed E-state index contributed by atoms with van der Waals surface area (Å²) in [4.78, 5) is 55.5. The normalized spacial score (nSPS) is 24.5. The van der Waals surface area contributed by atoms with E-state index in [1.807, 2.05) is 19.1 Å². The molecule has 2 unspecified atom stereocenters. The highest BCUT2D eigenvalue weighted by Gasteiger charge is 2.49. The second-order valence-electron chi connectivity index (χ2n) is 13.0. The Morgan fingerprint density at radius 2 is 1.83 bits per heavy atom. The molecule has 4 aromatic rings. The molecule has 0 bridgehead atoms. The molecule has 0 saturated carbocycles. The summed E-state index contributed by atoms with van der Waals surface area (Å²) in [5.41, 5.74) is 10.5. The Morgan fingerprint density at radius 3 is 2.41 bits per heavy atom. The maximum Gasteiger partial charge on any atom is 0.351 e. The zero-order valence-electron chi connectivity index (χ0n) is 31.0. The number of aliphatic hydroxyl groups excluding tert-OH is 3. The summed E-state index contributed by atoms with van der Waals surface area (Å²) in [7, 11) is 1.50. The number of halogens is 2. The van der Waals surface area contributed by atoms with Gasteiger partial charge in [-0.25, -0.2) is 14.5 Å². The number of aromatic nitrogens is 5. The quantitative estimate of drug-likeness (QED) is 0.0782. The Morgan fingerprint density at radius 1 is 1.10 bits per heavy atom. The number of hydrogen-bond acceptors (Lipinski definition) is 16. The first-order chi connectivity index (χ1) is 27.6. The lowest BCUT2D eigenvalue weighted by Gasteiger charge is -2.42. The van der Waals surface area contributed by atoms with Gasteiger partial charge in [-0.05, 0) is 62.5 Å². The standard InChI is InChI=1S/C19H17Cl2N3O3.C16H25N7O8/c1-13-9-25-19(27-13,10-24-12-22-11-23-24)17-7-6-16(8-18(17)21)26-15-4-2-14(20)3-5-15;1-19-4-8(25)20-6(5-24)14(29)22-9-10(26)11(27)15(31-12(9)13(18)28)23-3-2-7(17)21-16(23)30/h2-8,11-13H,9-10H2,1H3;2-3,6,9-12,15,19,24,26-27H,4-5H2,1H3,(H2,18,28)(H,20,25)(H,22,29)(H2,17,21,30)/t;6-,9-,10-,11+,12-,15+/m.0/s1. The van der Waals surface area contributed by atoms with Gasteiger partial charge in [0.25, 0.3) is 0 Å². The SMILES string of the molecule is CC1COC(Cn2cncn2)(c2ccc(Oc3ccc(Cl)cc3)cc2Cl)O1.CNCC(=O)N[C@@H](CO)C(=O)N[C@H]1[C@H](O)[C@@H](O)[C@H](n2ccc(N)nc2=O)O[C@@H]1C(N)=O. The number of nitrogens with one attached hydrogen (secondary N) is 3. The van der Waals surface area contributed by atoms with Gasteiger partial charge >= 0.3 is 5.69 Å². The number of nitrogens with two attached hydrogens (primary N) is 2. The third-order valence-electron chi connectivity index (χ3n) is 8.69. The molecule has 23 heteroatoms. The van der Waals surface area contributed by atoms with Crippen LogP contribution >= 0.6 is 23.2 Å². The average molecular weight is 850 g/mol. The third kappa shape index (κ3) is 10.6. The van der Waals surface area contributed by atoms with Gasteiger partial charge in [0.2, 0.25) is 23.5 Å². The van der Waals surface area contributed by atoms with Gasteiger partial charge in [-0.3, -0.25) is 19.0 Å². The largest absolute Gasteiger partial charge is 0.457 e. The lowest BCUT2D eigenvalue weighted by Crippen LogP contribution is -2.67. The molecule has 4 heterocycles. The van der Waals surface area contributed by atoms with E-state index in [1.54, 1.807) is 41.3 Å². The van der Waals surface area contributed by atoms with Crippen molar-refractivity contribution in [2.75, 3.05) is 32.5 Å². The van der Waals surface area contributed by atoms with E-state index in [-0.39, 0.29) is 18.5 Å². The van der Waals surface area contributed by atoms with Gasteiger partial charge in [0.1, 0.15) is 54.8 Å². The van der Waals surface area contributed by atoms with Crippen molar-refractivity contribution >= 4 is 46.7 Å². The number of nitrogen functional groups attached to an aromatic ring is 1. The molecule has 2 aliphatic rings. The Hall–Kier alpha value is -5.23. The van der Waals surface area contributed by atoms with Crippen molar-refractivity contribution in [2.45, 2.75) is 62.0 Å². The zero-order chi connectivity index (χ0) is 42.1. The fourth-order valence-corrected chi connectivity index (χ4v) is 6.42. The van der Waals surface area contributed by atoms with Gasteiger partial charge < -0.3 is 61.7 Å². The Balaban J connectivity index is 0.000000222. The van der Waals surface area contributed by atoms with Crippen molar-refractivity contribution in [1.29, 1.82) is 0 Å². The van der Waals surface area contributed by atoms with Crippen molar-refractivity contribution in [1.82, 2.24) is 40.3 Å². The molecule has 21 nitrogen and oxygen atoms in total. The van der Waals surface area contributed by atoms with Crippen molar-refractivity contribution in [3.63, 3.8) is 0 Å². The van der Waals surface area contributed by atoms with Gasteiger partial charge in [0.15, 0.2) is 12.3 Å². The number of likely N-dealkylation sites (N-methyl/N-ethyl adjacent to an activating group) is 1. The predicted molar refractivity (Wildman–Crippen MR) is 204 cm³/mol. The first-order valence-electron chi connectivity index (χ1n) is 17.5. The molecule has 10 N–H and O–H groups in total. The molecule has 0 spiro atoms. The van der Waals surface area contributed by atoms with Gasteiger partial charge in [-0.2, -0.15) is 10.1 Å². The fourth-order valence-electron chi connectivity index (χ4n) is 5.98. The van der Waals surface area contributed by atoms with Crippen LogP contribution in [0.15, 0.2) is 72.2 Å². The highest BCUT2D eigenvalue weighted by molar-refractivity contribution is 6.31. The Bertz CT molecular complexity index is 2100. The highest BCUT2D eigenvalue weighted by Crippen LogP contribution is 2.41. The molecule has 2 saturated heterocycles. The molecule has 2 aromatic heterocycles. The smallest absolute Gasteiger partial charge is 0.351 e. The van der Waals surface area contributed by atoms with Crippen LogP contribution in [0.2, 0.25) is 10.0 Å². The minimum atomic E-state index is -1.82. The van der Waals surface area contributed by atoms with Gasteiger partial charge in [-0.15, -0.1) is 0 Å². The number of ether oxygens (including phenoxy) is 4. The number of carbonyl (C=O) groups excluding carboxylic acids is 3. The molecule has 8 atom stereocenters. The van der Waals surface area contributed by atoms with E-state index in [9.17, 15) is 34.5 Å². The minimum Gasteiger partial charge on any atom is -0.457 e. The van der Waals surface area contributed by atoms with Crippen LogP contribution < -0.4 is 37.8 Å². The molecule has 6 rings (SSSR count). The lowest BCUT2D eigenvalue weighted by atomic mass is 9.94. The third-order valence-corrected chi connectivity index (χ3v) is 9.25. The first-order valence-corrected chi connectivity index (χ1v) is 18.3. The van der Waals surface area contributed by atoms with Crippen LogP contribution in [0.5, 0.6) is 11.5 Å².